The molecule has 80 heavy (non-hydrogen) atoms. The highest BCUT2D eigenvalue weighted by Gasteiger charge is 2.40. The van der Waals surface area contributed by atoms with E-state index in [1.54, 1.807) is 57.3 Å². The number of nitrogens with one attached hydrogen (secondary N) is 4. The standard InChI is InChI=1S/C59H87N7O13S/c1-12-21-50(68)76-37-66(55(71)51(39(5)13-2)64-53(70)47-24-17-20-31-65(47)11)48(38(3)4)34-49(77-41(7)67)54-63-46(36-80-54)52(69)62-44(32-40(6)56(72)75-35-43-22-15-14-16-23-43)33-42-25-27-45(28-26-42)78-57(73)60-29-18-19-30-61-58(74)79-59(8,9)10/h14-16,22-23,25-28,36,38-40,44,47-49,51H,12-13,17-21,24,29-35,37H2,1-11H3,(H,60,73)(H,61,74)(H,62,69)(H,64,70)/t39-,40-,44+,47+,48+,49+,51-/m0/s1. The summed E-state index contributed by atoms with van der Waals surface area (Å²) < 4.78 is 28.0. The number of nitrogens with zero attached hydrogens (tertiary/aromatic N) is 3. The summed E-state index contributed by atoms with van der Waals surface area (Å²) in [6.07, 6.45) is 3.19. The molecule has 0 bridgehead atoms. The highest BCUT2D eigenvalue weighted by atomic mass is 32.1. The molecule has 7 atom stereocenters. The number of alkyl carbamates (subject to hydrolysis) is 1. The second-order valence-corrected chi connectivity index (χ2v) is 22.9. The molecule has 0 aliphatic carbocycles. The minimum absolute atomic E-state index is 0.0110. The Hall–Kier alpha value is -6.61. The number of hydrogen-bond acceptors (Lipinski definition) is 16. The summed E-state index contributed by atoms with van der Waals surface area (Å²) in [7, 11) is 1.90. The molecular weight excluding hydrogens is 1050 g/mol. The van der Waals surface area contributed by atoms with Crippen LogP contribution in [0.3, 0.4) is 0 Å². The van der Waals surface area contributed by atoms with E-state index in [2.05, 4.69) is 21.3 Å². The molecule has 2 heterocycles. The summed E-state index contributed by atoms with van der Waals surface area (Å²) in [6, 6.07) is 13.3. The molecule has 5 amide bonds. The van der Waals surface area contributed by atoms with Gasteiger partial charge in [-0.1, -0.05) is 96.8 Å². The number of likely N-dealkylation sites (N-methyl/N-ethyl adjacent to an activating group) is 1. The molecule has 0 saturated carbocycles. The normalized spacial score (nSPS) is 15.9. The van der Waals surface area contributed by atoms with Gasteiger partial charge in [-0.05, 0) is 114 Å². The van der Waals surface area contributed by atoms with Gasteiger partial charge in [0.2, 0.25) is 11.8 Å². The number of amides is 5. The lowest BCUT2D eigenvalue weighted by atomic mass is 9.92. The predicted octanol–water partition coefficient (Wildman–Crippen LogP) is 8.81. The largest absolute Gasteiger partial charge is 0.461 e. The van der Waals surface area contributed by atoms with E-state index in [4.69, 9.17) is 28.7 Å². The maximum atomic E-state index is 15.0. The third-order valence-electron chi connectivity index (χ3n) is 13.7. The van der Waals surface area contributed by atoms with E-state index >= 15 is 0 Å². The molecule has 0 unspecified atom stereocenters. The summed E-state index contributed by atoms with van der Waals surface area (Å²) in [4.78, 5) is 115. The Bertz CT molecular complexity index is 2470. The molecule has 1 aromatic heterocycles. The molecule has 442 valence electrons. The molecule has 20 nitrogen and oxygen atoms in total. The number of unbranched alkanes of at least 4 members (excludes halogenated alkanes) is 1. The van der Waals surface area contributed by atoms with E-state index in [-0.39, 0.29) is 66.5 Å². The first-order chi connectivity index (χ1) is 38.0. The molecule has 4 N–H and O–H groups in total. The molecule has 1 aliphatic rings. The second-order valence-electron chi connectivity index (χ2n) is 22.0. The first kappa shape index (κ1) is 65.9. The number of benzene rings is 2. The molecule has 3 aromatic rings. The zero-order valence-electron chi connectivity index (χ0n) is 48.8. The van der Waals surface area contributed by atoms with Crippen LogP contribution in [-0.2, 0) is 55.9 Å². The zero-order chi connectivity index (χ0) is 58.9. The van der Waals surface area contributed by atoms with Crippen molar-refractivity contribution in [2.45, 2.75) is 182 Å². The molecule has 4 rings (SSSR count). The first-order valence-corrected chi connectivity index (χ1v) is 29.0. The Morgan fingerprint density at radius 2 is 1.51 bits per heavy atom. The van der Waals surface area contributed by atoms with Gasteiger partial charge < -0.3 is 49.9 Å². The summed E-state index contributed by atoms with van der Waals surface area (Å²) in [5, 5.41) is 13.3. The van der Waals surface area contributed by atoms with Crippen molar-refractivity contribution in [1.82, 2.24) is 36.1 Å². The van der Waals surface area contributed by atoms with Crippen molar-refractivity contribution in [3.05, 3.63) is 81.8 Å². The number of carbonyl (C=O) groups excluding carboxylic acids is 8. The van der Waals surface area contributed by atoms with E-state index in [9.17, 15) is 38.4 Å². The summed E-state index contributed by atoms with van der Waals surface area (Å²) in [6.45, 7) is 18.9. The number of carbonyl (C=O) groups is 8. The van der Waals surface area contributed by atoms with Crippen LogP contribution >= 0.6 is 11.3 Å². The van der Waals surface area contributed by atoms with Crippen LogP contribution in [0.15, 0.2) is 60.0 Å². The maximum absolute atomic E-state index is 15.0. The number of likely N-dealkylation sites (tertiary alicyclic amines) is 1. The summed E-state index contributed by atoms with van der Waals surface area (Å²) in [5.74, 6) is -3.78. The SMILES string of the molecule is CCCC(=O)OCN(C(=O)[C@@H](NC(=O)[C@H]1CCCCN1C)[C@@H](C)CC)[C@H](C[C@@H](OC(C)=O)c1nc(C(=O)N[C@@H](Cc2ccc(OC(=O)NCCCCNC(=O)OC(C)(C)C)cc2)C[C@H](C)C(=O)OCc2ccccc2)cs1)C(C)C. The molecule has 1 fully saturated rings. The average molecular weight is 1130 g/mol. The number of hydrogen-bond donors (Lipinski definition) is 4. The Balaban J connectivity index is 1.54. The van der Waals surface area contributed by atoms with Gasteiger partial charge in [0.1, 0.15) is 34.7 Å². The summed E-state index contributed by atoms with van der Waals surface area (Å²) >= 11 is 1.10. The minimum atomic E-state index is -1.05. The van der Waals surface area contributed by atoms with Gasteiger partial charge in [0.15, 0.2) is 12.8 Å². The molecule has 1 saturated heterocycles. The fraction of sp³-hybridized carbons (Fsp3) is 0.610. The quantitative estimate of drug-likeness (QED) is 0.0211. The lowest BCUT2D eigenvalue weighted by Gasteiger charge is -2.39. The zero-order valence-corrected chi connectivity index (χ0v) is 49.6. The summed E-state index contributed by atoms with van der Waals surface area (Å²) in [5.41, 5.74) is 1.01. The predicted molar refractivity (Wildman–Crippen MR) is 303 cm³/mol. The van der Waals surface area contributed by atoms with E-state index in [1.807, 2.05) is 76.9 Å². The number of aromatic nitrogens is 1. The fourth-order valence-corrected chi connectivity index (χ4v) is 9.93. The van der Waals surface area contributed by atoms with Crippen molar-refractivity contribution in [2.75, 3.05) is 33.4 Å². The number of ether oxygens (including phenoxy) is 5. The third-order valence-corrected chi connectivity index (χ3v) is 14.6. The van der Waals surface area contributed by atoms with Crippen molar-refractivity contribution in [1.29, 1.82) is 0 Å². The Kier molecular flexibility index (Phi) is 27.4. The molecular formula is C59H87N7O13S. The van der Waals surface area contributed by atoms with Crippen molar-refractivity contribution < 1.29 is 62.0 Å². The van der Waals surface area contributed by atoms with Crippen LogP contribution in [0.5, 0.6) is 5.75 Å². The average Bonchev–Trinajstić information content (AvgIpc) is 3.91. The van der Waals surface area contributed by atoms with Gasteiger partial charge in [-0.3, -0.25) is 33.7 Å². The van der Waals surface area contributed by atoms with E-state index in [0.717, 1.165) is 41.9 Å². The smallest absolute Gasteiger partial charge is 0.412 e. The highest BCUT2D eigenvalue weighted by molar-refractivity contribution is 7.09. The van der Waals surface area contributed by atoms with Gasteiger partial charge in [0.05, 0.1) is 12.0 Å². The van der Waals surface area contributed by atoms with E-state index in [1.165, 1.54) is 11.8 Å². The van der Waals surface area contributed by atoms with Crippen LogP contribution < -0.4 is 26.0 Å². The Morgan fingerprint density at radius 3 is 2.12 bits per heavy atom. The molecule has 0 radical (unpaired) electrons. The van der Waals surface area contributed by atoms with Gasteiger partial charge in [0.25, 0.3) is 5.91 Å². The molecule has 1 aliphatic heterocycles. The van der Waals surface area contributed by atoms with Crippen LogP contribution in [0.25, 0.3) is 0 Å². The van der Waals surface area contributed by atoms with Crippen molar-refractivity contribution >= 4 is 59.2 Å². The van der Waals surface area contributed by atoms with Gasteiger partial charge in [-0.15, -0.1) is 11.3 Å². The number of esters is 3. The third kappa shape index (κ3) is 22.9. The van der Waals surface area contributed by atoms with Crippen LogP contribution in [-0.4, -0.2) is 126 Å². The highest BCUT2D eigenvalue weighted by Crippen LogP contribution is 2.32. The van der Waals surface area contributed by atoms with Gasteiger partial charge in [-0.2, -0.15) is 0 Å². The topological polar surface area (TPSA) is 250 Å². The lowest BCUT2D eigenvalue weighted by molar-refractivity contribution is -0.160. The van der Waals surface area contributed by atoms with Gasteiger partial charge in [-0.25, -0.2) is 14.6 Å². The Morgan fingerprint density at radius 1 is 0.838 bits per heavy atom. The van der Waals surface area contributed by atoms with Crippen molar-refractivity contribution in [3.63, 3.8) is 0 Å². The minimum Gasteiger partial charge on any atom is -0.461 e. The number of thiazole rings is 1. The van der Waals surface area contributed by atoms with Crippen LogP contribution in [0.2, 0.25) is 0 Å². The Labute approximate surface area is 476 Å². The van der Waals surface area contributed by atoms with Gasteiger partial charge in [0, 0.05) is 50.3 Å². The van der Waals surface area contributed by atoms with Crippen LogP contribution in [0.4, 0.5) is 9.59 Å². The van der Waals surface area contributed by atoms with E-state index in [0.29, 0.717) is 45.2 Å². The monoisotopic (exact) mass is 1130 g/mol. The number of piperidine rings is 1. The first-order valence-electron chi connectivity index (χ1n) is 28.1. The molecule has 21 heteroatoms. The van der Waals surface area contributed by atoms with Gasteiger partial charge >= 0.3 is 30.1 Å². The van der Waals surface area contributed by atoms with E-state index < -0.39 is 90.4 Å². The lowest BCUT2D eigenvalue weighted by Crippen LogP contribution is -2.59. The molecule has 0 spiro atoms. The number of rotatable bonds is 30. The van der Waals surface area contributed by atoms with Crippen LogP contribution in [0, 0.1) is 17.8 Å². The second kappa shape index (κ2) is 33.2. The fourth-order valence-electron chi connectivity index (χ4n) is 9.09. The van der Waals surface area contributed by atoms with Crippen LogP contribution in [0.1, 0.15) is 166 Å². The van der Waals surface area contributed by atoms with Crippen molar-refractivity contribution in [3.8, 4) is 5.75 Å². The molecule has 2 aromatic carbocycles. The van der Waals surface area contributed by atoms with Crippen molar-refractivity contribution in [2.24, 2.45) is 17.8 Å². The maximum Gasteiger partial charge on any atom is 0.412 e.